The van der Waals surface area contributed by atoms with Crippen molar-refractivity contribution in [2.45, 2.75) is 0 Å². The predicted octanol–water partition coefficient (Wildman–Crippen LogP) is 0.467. The van der Waals surface area contributed by atoms with Gasteiger partial charge in [-0.3, -0.25) is 0 Å². The molecule has 0 aliphatic rings. The van der Waals surface area contributed by atoms with Crippen LogP contribution in [0.2, 0.25) is 0 Å². The van der Waals surface area contributed by atoms with Gasteiger partial charge >= 0.3 is 0 Å². The van der Waals surface area contributed by atoms with Gasteiger partial charge in [-0.25, -0.2) is 0 Å². The smallest absolute Gasteiger partial charge is 0.216 e. The Kier molecular flexibility index (Phi) is 12.4. The van der Waals surface area contributed by atoms with E-state index in [1.807, 2.05) is 0 Å². The van der Waals surface area contributed by atoms with Crippen molar-refractivity contribution in [3.63, 3.8) is 0 Å². The van der Waals surface area contributed by atoms with Crippen LogP contribution in [0.25, 0.3) is 0 Å². The van der Waals surface area contributed by atoms with Crippen LogP contribution in [-0.4, -0.2) is 62.9 Å². The first kappa shape index (κ1) is 10.8. The topological polar surface area (TPSA) is 9.23 Å². The van der Waals surface area contributed by atoms with Crippen molar-refractivity contribution in [3.8, 4) is 0 Å². The molecule has 0 aliphatic heterocycles. The van der Waals surface area contributed by atoms with E-state index in [2.05, 4.69) is 29.6 Å². The molecule has 0 aromatic rings. The van der Waals surface area contributed by atoms with Gasteiger partial charge in [0, 0.05) is 51.4 Å². The van der Waals surface area contributed by atoms with Gasteiger partial charge in [-0.2, -0.15) is 0 Å². The number of methoxy groups -OCH3 is 1. The molecule has 0 atom stereocenters. The summed E-state index contributed by atoms with van der Waals surface area (Å²) in [6.45, 7) is 0. The van der Waals surface area contributed by atoms with Crippen LogP contribution in [-0.2, 0) is 4.74 Å². The van der Waals surface area contributed by atoms with Crippen molar-refractivity contribution in [3.05, 3.63) is 0 Å². The summed E-state index contributed by atoms with van der Waals surface area (Å²) >= 11 is 7.95. The molecule has 6 heavy (non-hydrogen) atoms. The number of rotatable bonds is 0. The SMILES string of the molecule is COC(=S)S.[K]. The summed E-state index contributed by atoms with van der Waals surface area (Å²) in [5.41, 5.74) is 0. The van der Waals surface area contributed by atoms with E-state index in [4.69, 9.17) is 0 Å². The Labute approximate surface area is 90.7 Å². The molecule has 0 spiro atoms. The molecule has 0 heterocycles. The zero-order chi connectivity index (χ0) is 4.28. The zero-order valence-electron chi connectivity index (χ0n) is 3.76. The third-order valence-corrected chi connectivity index (χ3v) is 0.524. The van der Waals surface area contributed by atoms with Crippen LogP contribution in [0.5, 0.6) is 0 Å². The third kappa shape index (κ3) is 9.30. The Morgan fingerprint density at radius 2 is 2.00 bits per heavy atom. The summed E-state index contributed by atoms with van der Waals surface area (Å²) < 4.78 is 4.63. The van der Waals surface area contributed by atoms with E-state index >= 15 is 0 Å². The first-order valence-corrected chi connectivity index (χ1v) is 1.90. The summed E-state index contributed by atoms with van der Waals surface area (Å²) in [4.78, 5) is 0. The molecule has 1 nitrogen and oxygen atoms in total. The van der Waals surface area contributed by atoms with E-state index in [9.17, 15) is 0 Å². The van der Waals surface area contributed by atoms with Crippen molar-refractivity contribution < 1.29 is 4.74 Å². The second-order valence-corrected chi connectivity index (χ2v) is 1.55. The van der Waals surface area contributed by atoms with E-state index in [-0.39, 0.29) is 55.8 Å². The Morgan fingerprint density at radius 1 is 1.83 bits per heavy atom. The molecule has 0 aromatic carbocycles. The summed E-state index contributed by atoms with van der Waals surface area (Å²) in [6.07, 6.45) is 0. The average Bonchev–Trinajstić information content (AvgIpc) is 1.38. The van der Waals surface area contributed by atoms with Crippen molar-refractivity contribution in [2.24, 2.45) is 0 Å². The molecule has 4 heteroatoms. The number of ether oxygens (including phenoxy) is 1. The average molecular weight is 147 g/mol. The number of thiocarbonyl (C=S) groups is 1. The summed E-state index contributed by atoms with van der Waals surface area (Å²) in [6, 6.07) is 0. The Bertz CT molecular complexity index is 46.8. The molecule has 0 bridgehead atoms. The summed E-state index contributed by atoms with van der Waals surface area (Å²) in [5.74, 6) is 0. The van der Waals surface area contributed by atoms with E-state index in [1.54, 1.807) is 0 Å². The molecule has 31 valence electrons. The molecular formula is C2H4KOS2. The van der Waals surface area contributed by atoms with Gasteiger partial charge in [0.1, 0.15) is 0 Å². The molecule has 0 saturated carbocycles. The van der Waals surface area contributed by atoms with E-state index in [0.29, 0.717) is 0 Å². The Morgan fingerprint density at radius 3 is 2.00 bits per heavy atom. The molecular weight excluding hydrogens is 143 g/mol. The van der Waals surface area contributed by atoms with Gasteiger partial charge in [0.15, 0.2) is 0 Å². The third-order valence-electron chi connectivity index (χ3n) is 0.175. The van der Waals surface area contributed by atoms with Crippen molar-refractivity contribution in [1.29, 1.82) is 0 Å². The van der Waals surface area contributed by atoms with Gasteiger partial charge < -0.3 is 4.74 Å². The number of thiol groups is 1. The van der Waals surface area contributed by atoms with E-state index < -0.39 is 0 Å². The van der Waals surface area contributed by atoms with Crippen molar-refractivity contribution >= 4 is 80.6 Å². The molecule has 0 aromatic heterocycles. The van der Waals surface area contributed by atoms with E-state index in [0.717, 1.165) is 0 Å². The van der Waals surface area contributed by atoms with Crippen molar-refractivity contribution in [2.75, 3.05) is 7.11 Å². The monoisotopic (exact) mass is 147 g/mol. The second kappa shape index (κ2) is 6.88. The van der Waals surface area contributed by atoms with Gasteiger partial charge in [0.2, 0.25) is 4.38 Å². The molecule has 0 rings (SSSR count). The first-order valence-electron chi connectivity index (χ1n) is 1.04. The van der Waals surface area contributed by atoms with Gasteiger partial charge in [0.05, 0.1) is 7.11 Å². The van der Waals surface area contributed by atoms with Crippen LogP contribution in [0.1, 0.15) is 0 Å². The summed E-state index contributed by atoms with van der Waals surface area (Å²) in [5, 5.41) is 0. The van der Waals surface area contributed by atoms with Gasteiger partial charge in [-0.1, -0.05) is 12.6 Å². The fourth-order valence-electron chi connectivity index (χ4n) is 0. The molecule has 0 unspecified atom stereocenters. The standard InChI is InChI=1S/C2H4OS2.K/c1-3-2(4)5;/h1H3,(H,4,5);. The molecule has 0 aliphatic carbocycles. The van der Waals surface area contributed by atoms with Crippen LogP contribution in [0, 0.1) is 0 Å². The largest absolute Gasteiger partial charge is 0.482 e. The molecule has 0 fully saturated rings. The normalized spacial score (nSPS) is 5.67. The number of hydrogen-bond acceptors (Lipinski definition) is 2. The Hall–Kier alpha value is 1.88. The van der Waals surface area contributed by atoms with Crippen LogP contribution in [0.3, 0.4) is 0 Å². The van der Waals surface area contributed by atoms with Gasteiger partial charge in [0.25, 0.3) is 0 Å². The van der Waals surface area contributed by atoms with Gasteiger partial charge in [-0.05, 0) is 12.2 Å². The minimum Gasteiger partial charge on any atom is -0.482 e. The maximum Gasteiger partial charge on any atom is 0.216 e. The van der Waals surface area contributed by atoms with Gasteiger partial charge in [-0.15, -0.1) is 0 Å². The van der Waals surface area contributed by atoms with Crippen molar-refractivity contribution in [1.82, 2.24) is 0 Å². The molecule has 0 N–H and O–H groups in total. The molecule has 0 amide bonds. The maximum atomic E-state index is 4.35. The van der Waals surface area contributed by atoms with Crippen LogP contribution in [0.15, 0.2) is 0 Å². The van der Waals surface area contributed by atoms with Crippen LogP contribution in [0.4, 0.5) is 0 Å². The summed E-state index contributed by atoms with van der Waals surface area (Å²) in [7, 11) is 1.48. The minimum absolute atomic E-state index is 0. The van der Waals surface area contributed by atoms with E-state index in [1.165, 1.54) is 7.11 Å². The minimum atomic E-state index is 0. The van der Waals surface area contributed by atoms with Crippen LogP contribution < -0.4 is 0 Å². The molecule has 1 radical (unpaired) electrons. The fourth-order valence-corrected chi connectivity index (χ4v) is 0. The second-order valence-electron chi connectivity index (χ2n) is 0.470. The quantitative estimate of drug-likeness (QED) is 0.303. The fraction of sp³-hybridized carbons (Fsp3) is 0.500. The zero-order valence-corrected chi connectivity index (χ0v) is 8.60. The molecule has 0 saturated heterocycles. The Balaban J connectivity index is 0. The number of hydrogen-bond donors (Lipinski definition) is 1. The van der Waals surface area contributed by atoms with Crippen LogP contribution >= 0.6 is 24.8 Å². The first-order chi connectivity index (χ1) is 2.27. The predicted molar refractivity (Wildman–Crippen MR) is 34.3 cm³/mol. The maximum absolute atomic E-state index is 4.35.